The van der Waals surface area contributed by atoms with Gasteiger partial charge in [-0.2, -0.15) is 0 Å². The summed E-state index contributed by atoms with van der Waals surface area (Å²) >= 11 is 8.99. The van der Waals surface area contributed by atoms with Crippen molar-refractivity contribution in [2.75, 3.05) is 0 Å². The SMILES string of the molecule is Cc1cc(Cl)ccc1C(=O)c1ccc(Br)o1. The number of rotatable bonds is 2. The maximum Gasteiger partial charge on any atom is 0.228 e. The predicted molar refractivity (Wildman–Crippen MR) is 66.0 cm³/mol. The Bertz CT molecular complexity index is 546. The fourth-order valence-corrected chi connectivity index (χ4v) is 1.98. The van der Waals surface area contributed by atoms with Crippen molar-refractivity contribution in [3.05, 3.63) is 56.9 Å². The van der Waals surface area contributed by atoms with E-state index in [9.17, 15) is 4.79 Å². The molecule has 0 fully saturated rings. The number of aryl methyl sites for hydroxylation is 1. The molecule has 1 heterocycles. The molecule has 1 aromatic heterocycles. The van der Waals surface area contributed by atoms with Crippen LogP contribution in [0.2, 0.25) is 5.02 Å². The molecule has 0 N–H and O–H groups in total. The van der Waals surface area contributed by atoms with Gasteiger partial charge in [-0.25, -0.2) is 0 Å². The van der Waals surface area contributed by atoms with E-state index in [0.29, 0.717) is 21.0 Å². The molecule has 0 aliphatic heterocycles. The Balaban J connectivity index is 2.41. The van der Waals surface area contributed by atoms with Gasteiger partial charge in [0.1, 0.15) is 0 Å². The van der Waals surface area contributed by atoms with Crippen LogP contribution in [0.25, 0.3) is 0 Å². The van der Waals surface area contributed by atoms with Crippen LogP contribution in [0.1, 0.15) is 21.7 Å². The van der Waals surface area contributed by atoms with Crippen LogP contribution in [0.4, 0.5) is 0 Å². The molecule has 0 amide bonds. The minimum atomic E-state index is -0.139. The summed E-state index contributed by atoms with van der Waals surface area (Å²) in [6, 6.07) is 8.49. The van der Waals surface area contributed by atoms with Crippen LogP contribution in [0.5, 0.6) is 0 Å². The Hall–Kier alpha value is -1.06. The summed E-state index contributed by atoms with van der Waals surface area (Å²) in [5.74, 6) is 0.178. The van der Waals surface area contributed by atoms with E-state index in [0.717, 1.165) is 5.56 Å². The lowest BCUT2D eigenvalue weighted by atomic mass is 10.0. The van der Waals surface area contributed by atoms with Crippen LogP contribution < -0.4 is 0 Å². The number of carbonyl (C=O) groups is 1. The van der Waals surface area contributed by atoms with E-state index in [1.807, 2.05) is 6.92 Å². The molecule has 0 saturated heterocycles. The van der Waals surface area contributed by atoms with E-state index < -0.39 is 0 Å². The molecule has 0 aliphatic rings. The number of hydrogen-bond acceptors (Lipinski definition) is 2. The van der Waals surface area contributed by atoms with E-state index >= 15 is 0 Å². The largest absolute Gasteiger partial charge is 0.446 e. The van der Waals surface area contributed by atoms with Crippen LogP contribution in [0.3, 0.4) is 0 Å². The molecule has 0 unspecified atom stereocenters. The fraction of sp³-hybridized carbons (Fsp3) is 0.0833. The Kier molecular flexibility index (Phi) is 3.17. The average molecular weight is 300 g/mol. The predicted octanol–water partition coefficient (Wildman–Crippen LogP) is 4.23. The van der Waals surface area contributed by atoms with Crippen molar-refractivity contribution < 1.29 is 9.21 Å². The second kappa shape index (κ2) is 4.44. The second-order valence-electron chi connectivity index (χ2n) is 3.39. The molecule has 0 spiro atoms. The van der Waals surface area contributed by atoms with Gasteiger partial charge in [0.05, 0.1) is 0 Å². The lowest BCUT2D eigenvalue weighted by Crippen LogP contribution is -2.01. The Morgan fingerprint density at radius 1 is 1.31 bits per heavy atom. The van der Waals surface area contributed by atoms with E-state index in [-0.39, 0.29) is 5.78 Å². The smallest absolute Gasteiger partial charge is 0.228 e. The maximum absolute atomic E-state index is 12.0. The van der Waals surface area contributed by atoms with Crippen molar-refractivity contribution in [2.45, 2.75) is 6.92 Å². The van der Waals surface area contributed by atoms with Crippen LogP contribution in [-0.4, -0.2) is 5.78 Å². The van der Waals surface area contributed by atoms with E-state index in [1.165, 1.54) is 0 Å². The topological polar surface area (TPSA) is 30.2 Å². The number of furan rings is 1. The van der Waals surface area contributed by atoms with Crippen molar-refractivity contribution in [3.63, 3.8) is 0 Å². The summed E-state index contributed by atoms with van der Waals surface area (Å²) in [6.07, 6.45) is 0. The van der Waals surface area contributed by atoms with Crippen LogP contribution in [0.15, 0.2) is 39.4 Å². The maximum atomic E-state index is 12.0. The molecule has 2 nitrogen and oxygen atoms in total. The number of ketones is 1. The molecule has 0 bridgehead atoms. The number of carbonyl (C=O) groups excluding carboxylic acids is 1. The third-order valence-electron chi connectivity index (χ3n) is 2.23. The van der Waals surface area contributed by atoms with Gasteiger partial charge in [0.25, 0.3) is 0 Å². The highest BCUT2D eigenvalue weighted by Crippen LogP contribution is 2.21. The van der Waals surface area contributed by atoms with E-state index in [1.54, 1.807) is 30.3 Å². The molecular weight excluding hydrogens is 291 g/mol. The summed E-state index contributed by atoms with van der Waals surface area (Å²) in [7, 11) is 0. The standard InChI is InChI=1S/C12H8BrClO2/c1-7-6-8(14)2-3-9(7)12(15)10-4-5-11(13)16-10/h2-6H,1H3. The van der Waals surface area contributed by atoms with Crippen molar-refractivity contribution >= 4 is 33.3 Å². The molecule has 82 valence electrons. The molecule has 0 aliphatic carbocycles. The van der Waals surface area contributed by atoms with Gasteiger partial charge in [0, 0.05) is 10.6 Å². The Morgan fingerprint density at radius 2 is 2.06 bits per heavy atom. The zero-order valence-corrected chi connectivity index (χ0v) is 10.8. The van der Waals surface area contributed by atoms with Gasteiger partial charge in [-0.15, -0.1) is 0 Å². The Labute approximate surface area is 106 Å². The van der Waals surface area contributed by atoms with Gasteiger partial charge in [0.15, 0.2) is 10.4 Å². The number of hydrogen-bond donors (Lipinski definition) is 0. The molecular formula is C12H8BrClO2. The van der Waals surface area contributed by atoms with Crippen LogP contribution >= 0.6 is 27.5 Å². The first-order valence-corrected chi connectivity index (χ1v) is 5.81. The van der Waals surface area contributed by atoms with Crippen LogP contribution in [-0.2, 0) is 0 Å². The fourth-order valence-electron chi connectivity index (χ4n) is 1.45. The van der Waals surface area contributed by atoms with Gasteiger partial charge in [0.2, 0.25) is 5.78 Å². The molecule has 16 heavy (non-hydrogen) atoms. The van der Waals surface area contributed by atoms with Crippen molar-refractivity contribution in [3.8, 4) is 0 Å². The normalized spacial score (nSPS) is 10.4. The zero-order valence-electron chi connectivity index (χ0n) is 8.46. The molecule has 1 aromatic carbocycles. The molecule has 0 atom stereocenters. The highest BCUT2D eigenvalue weighted by Gasteiger charge is 2.15. The lowest BCUT2D eigenvalue weighted by Gasteiger charge is -2.02. The third kappa shape index (κ3) is 2.20. The second-order valence-corrected chi connectivity index (χ2v) is 4.61. The van der Waals surface area contributed by atoms with Gasteiger partial charge >= 0.3 is 0 Å². The lowest BCUT2D eigenvalue weighted by molar-refractivity contribution is 0.101. The summed E-state index contributed by atoms with van der Waals surface area (Å²) in [4.78, 5) is 12.0. The zero-order chi connectivity index (χ0) is 11.7. The summed E-state index contributed by atoms with van der Waals surface area (Å²) in [5, 5.41) is 0.620. The first-order chi connectivity index (χ1) is 7.58. The average Bonchev–Trinajstić information content (AvgIpc) is 2.64. The van der Waals surface area contributed by atoms with E-state index in [4.69, 9.17) is 16.0 Å². The highest BCUT2D eigenvalue weighted by molar-refractivity contribution is 9.10. The summed E-state index contributed by atoms with van der Waals surface area (Å²) in [5.41, 5.74) is 1.44. The minimum Gasteiger partial charge on any atom is -0.446 e. The molecule has 4 heteroatoms. The molecule has 2 aromatic rings. The Morgan fingerprint density at radius 3 is 2.62 bits per heavy atom. The van der Waals surface area contributed by atoms with Gasteiger partial charge in [-0.3, -0.25) is 4.79 Å². The quantitative estimate of drug-likeness (QED) is 0.777. The monoisotopic (exact) mass is 298 g/mol. The molecule has 2 rings (SSSR count). The van der Waals surface area contributed by atoms with Gasteiger partial charge < -0.3 is 4.42 Å². The van der Waals surface area contributed by atoms with Crippen molar-refractivity contribution in [1.82, 2.24) is 0 Å². The third-order valence-corrected chi connectivity index (χ3v) is 2.89. The van der Waals surface area contributed by atoms with Crippen LogP contribution in [0, 0.1) is 6.92 Å². The minimum absolute atomic E-state index is 0.139. The molecule has 0 saturated carbocycles. The number of halogens is 2. The summed E-state index contributed by atoms with van der Waals surface area (Å²) < 4.78 is 5.76. The van der Waals surface area contributed by atoms with Gasteiger partial charge in [-0.05, 0) is 58.7 Å². The summed E-state index contributed by atoms with van der Waals surface area (Å²) in [6.45, 7) is 1.84. The highest BCUT2D eigenvalue weighted by atomic mass is 79.9. The first-order valence-electron chi connectivity index (χ1n) is 4.64. The van der Waals surface area contributed by atoms with E-state index in [2.05, 4.69) is 15.9 Å². The number of benzene rings is 1. The van der Waals surface area contributed by atoms with Crippen molar-refractivity contribution in [1.29, 1.82) is 0 Å². The molecule has 0 radical (unpaired) electrons. The van der Waals surface area contributed by atoms with Gasteiger partial charge in [-0.1, -0.05) is 11.6 Å². The first kappa shape index (κ1) is 11.4. The van der Waals surface area contributed by atoms with Crippen molar-refractivity contribution in [2.24, 2.45) is 0 Å².